The topological polar surface area (TPSA) is 70.5 Å². The molecule has 0 aliphatic rings. The van der Waals surface area contributed by atoms with Crippen molar-refractivity contribution in [3.05, 3.63) is 51.5 Å². The summed E-state index contributed by atoms with van der Waals surface area (Å²) in [5.41, 5.74) is 3.38. The Morgan fingerprint density at radius 3 is 2.67 bits per heavy atom. The van der Waals surface area contributed by atoms with E-state index in [1.165, 1.54) is 17.4 Å². The number of likely N-dealkylation sites (N-methyl/N-ethyl adjacent to an activating group) is 1. The number of benzene rings is 1. The van der Waals surface area contributed by atoms with Crippen molar-refractivity contribution in [2.24, 2.45) is 0 Å². The first-order valence-corrected chi connectivity index (χ1v) is 7.31. The summed E-state index contributed by atoms with van der Waals surface area (Å²) >= 11 is 1.51. The summed E-state index contributed by atoms with van der Waals surface area (Å²) in [6, 6.07) is 6.58. The van der Waals surface area contributed by atoms with Crippen molar-refractivity contribution in [2.45, 2.75) is 19.9 Å². The smallest absolute Gasteiger partial charge is 0.335 e. The van der Waals surface area contributed by atoms with Crippen LogP contribution in [-0.2, 0) is 17.8 Å². The lowest BCUT2D eigenvalue weighted by Gasteiger charge is -2.17. The number of aromatic nitrogens is 1. The highest BCUT2D eigenvalue weighted by Gasteiger charge is 2.16. The van der Waals surface area contributed by atoms with E-state index in [1.807, 2.05) is 6.92 Å². The minimum absolute atomic E-state index is 0.0802. The second-order valence-electron chi connectivity index (χ2n) is 4.75. The van der Waals surface area contributed by atoms with E-state index in [2.05, 4.69) is 4.98 Å². The van der Waals surface area contributed by atoms with Crippen molar-refractivity contribution in [2.75, 3.05) is 7.05 Å². The van der Waals surface area contributed by atoms with Crippen LogP contribution in [0.1, 0.15) is 26.5 Å². The van der Waals surface area contributed by atoms with Gasteiger partial charge in [-0.05, 0) is 18.6 Å². The second kappa shape index (κ2) is 6.49. The molecule has 0 unspecified atom stereocenters. The maximum atomic E-state index is 12.2. The molecule has 0 radical (unpaired) electrons. The minimum atomic E-state index is -1.01. The van der Waals surface area contributed by atoms with Gasteiger partial charge in [-0.3, -0.25) is 4.79 Å². The third-order valence-electron chi connectivity index (χ3n) is 3.24. The molecule has 1 heterocycles. The lowest BCUT2D eigenvalue weighted by Crippen LogP contribution is -2.28. The monoisotopic (exact) mass is 304 g/mol. The maximum Gasteiger partial charge on any atom is 0.335 e. The Morgan fingerprint density at radius 1 is 1.33 bits per heavy atom. The Kier molecular flexibility index (Phi) is 4.70. The summed E-state index contributed by atoms with van der Waals surface area (Å²) in [6.07, 6.45) is 0.0802. The molecule has 0 fully saturated rings. The van der Waals surface area contributed by atoms with Gasteiger partial charge in [0.2, 0.25) is 5.91 Å². The Balaban J connectivity index is 2.08. The van der Waals surface area contributed by atoms with Crippen molar-refractivity contribution >= 4 is 23.2 Å². The lowest BCUT2D eigenvalue weighted by molar-refractivity contribution is -0.129. The van der Waals surface area contributed by atoms with E-state index < -0.39 is 5.97 Å². The molecule has 1 N–H and O–H groups in total. The van der Waals surface area contributed by atoms with E-state index in [0.29, 0.717) is 12.1 Å². The van der Waals surface area contributed by atoms with E-state index in [1.54, 1.807) is 35.7 Å². The van der Waals surface area contributed by atoms with Crippen LogP contribution in [0.5, 0.6) is 0 Å². The van der Waals surface area contributed by atoms with E-state index in [4.69, 9.17) is 5.11 Å². The molecule has 6 heteroatoms. The number of thiazole rings is 1. The largest absolute Gasteiger partial charge is 0.478 e. The van der Waals surface area contributed by atoms with Gasteiger partial charge in [-0.2, -0.15) is 0 Å². The van der Waals surface area contributed by atoms with E-state index in [-0.39, 0.29) is 17.9 Å². The molecule has 0 saturated heterocycles. The van der Waals surface area contributed by atoms with Crippen molar-refractivity contribution in [1.82, 2.24) is 9.88 Å². The highest BCUT2D eigenvalue weighted by atomic mass is 32.1. The maximum absolute atomic E-state index is 12.2. The van der Waals surface area contributed by atoms with Gasteiger partial charge in [-0.25, -0.2) is 9.78 Å². The fourth-order valence-electron chi connectivity index (χ4n) is 1.96. The zero-order valence-electron chi connectivity index (χ0n) is 11.9. The summed E-state index contributed by atoms with van der Waals surface area (Å²) in [4.78, 5) is 30.2. The molecule has 1 aromatic heterocycles. The van der Waals surface area contributed by atoms with E-state index in [9.17, 15) is 9.59 Å². The van der Waals surface area contributed by atoms with Crippen LogP contribution >= 0.6 is 11.3 Å². The molecule has 0 spiro atoms. The molecule has 110 valence electrons. The number of aryl methyl sites for hydroxylation is 1. The van der Waals surface area contributed by atoms with Gasteiger partial charge in [0.1, 0.15) is 0 Å². The van der Waals surface area contributed by atoms with Gasteiger partial charge >= 0.3 is 5.97 Å². The zero-order chi connectivity index (χ0) is 15.4. The number of carbonyl (C=O) groups is 2. The molecule has 1 amide bonds. The molecule has 1 aromatic carbocycles. The summed E-state index contributed by atoms with van der Waals surface area (Å²) < 4.78 is 0. The van der Waals surface area contributed by atoms with Crippen LogP contribution in [0.15, 0.2) is 29.8 Å². The van der Waals surface area contributed by atoms with Gasteiger partial charge in [0.25, 0.3) is 0 Å². The van der Waals surface area contributed by atoms with Gasteiger partial charge in [-0.1, -0.05) is 18.2 Å². The summed E-state index contributed by atoms with van der Waals surface area (Å²) in [7, 11) is 1.71. The number of carboxylic acid groups (broad SMARTS) is 1. The first-order valence-electron chi connectivity index (χ1n) is 6.43. The number of nitrogens with zero attached hydrogens (tertiary/aromatic N) is 2. The molecule has 0 atom stereocenters. The second-order valence-corrected chi connectivity index (χ2v) is 5.69. The number of aromatic carboxylic acids is 1. The minimum Gasteiger partial charge on any atom is -0.478 e. The molecule has 2 aromatic rings. The normalized spacial score (nSPS) is 10.4. The summed E-state index contributed by atoms with van der Waals surface area (Å²) in [5, 5.41) is 9.13. The van der Waals surface area contributed by atoms with Crippen molar-refractivity contribution in [1.29, 1.82) is 0 Å². The Bertz CT molecular complexity index is 666. The average molecular weight is 304 g/mol. The van der Waals surface area contributed by atoms with Crippen LogP contribution in [0.25, 0.3) is 0 Å². The molecule has 0 aliphatic carbocycles. The lowest BCUT2D eigenvalue weighted by atomic mass is 10.0. The van der Waals surface area contributed by atoms with Gasteiger partial charge in [0.15, 0.2) is 0 Å². The van der Waals surface area contributed by atoms with Crippen LogP contribution < -0.4 is 0 Å². The van der Waals surface area contributed by atoms with Crippen LogP contribution in [0.3, 0.4) is 0 Å². The molecular formula is C15H16N2O3S. The zero-order valence-corrected chi connectivity index (χ0v) is 12.7. The number of hydrogen-bond donors (Lipinski definition) is 1. The van der Waals surface area contributed by atoms with Gasteiger partial charge < -0.3 is 10.0 Å². The van der Waals surface area contributed by atoms with Crippen LogP contribution in [0.2, 0.25) is 0 Å². The van der Waals surface area contributed by atoms with Crippen molar-refractivity contribution in [3.8, 4) is 0 Å². The Labute approximate surface area is 126 Å². The Hall–Kier alpha value is -2.21. The van der Waals surface area contributed by atoms with E-state index >= 15 is 0 Å². The van der Waals surface area contributed by atoms with Crippen LogP contribution in [0, 0.1) is 6.92 Å². The molecule has 5 nitrogen and oxygen atoms in total. The highest BCUT2D eigenvalue weighted by molar-refractivity contribution is 7.09. The summed E-state index contributed by atoms with van der Waals surface area (Å²) in [6.45, 7) is 2.40. The molecule has 2 rings (SSSR count). The molecule has 0 bridgehead atoms. The van der Waals surface area contributed by atoms with Crippen LogP contribution in [-0.4, -0.2) is 33.9 Å². The number of rotatable bonds is 5. The molecule has 0 aliphatic heterocycles. The molecule has 21 heavy (non-hydrogen) atoms. The predicted molar refractivity (Wildman–Crippen MR) is 80.4 cm³/mol. The quantitative estimate of drug-likeness (QED) is 0.920. The molecule has 0 saturated carbocycles. The van der Waals surface area contributed by atoms with Crippen molar-refractivity contribution < 1.29 is 14.7 Å². The van der Waals surface area contributed by atoms with Gasteiger partial charge in [0.05, 0.1) is 29.7 Å². The predicted octanol–water partition coefficient (Wildman–Crippen LogP) is 2.35. The van der Waals surface area contributed by atoms with Gasteiger partial charge in [-0.15, -0.1) is 11.3 Å². The third-order valence-corrected chi connectivity index (χ3v) is 4.16. The fraction of sp³-hybridized carbons (Fsp3) is 0.267. The average Bonchev–Trinajstić information content (AvgIpc) is 2.84. The standard InChI is InChI=1S/C15H16N2O3S/c1-10-13(21-9-16-10)8-17(2)14(18)7-11-5-3-4-6-12(11)15(19)20/h3-6,9H,7-8H2,1-2H3,(H,19,20). The van der Waals surface area contributed by atoms with Gasteiger partial charge in [0, 0.05) is 11.9 Å². The first-order chi connectivity index (χ1) is 9.99. The highest BCUT2D eigenvalue weighted by Crippen LogP contribution is 2.16. The number of carbonyl (C=O) groups excluding carboxylic acids is 1. The van der Waals surface area contributed by atoms with Crippen molar-refractivity contribution in [3.63, 3.8) is 0 Å². The number of amides is 1. The third kappa shape index (κ3) is 3.66. The fourth-order valence-corrected chi connectivity index (χ4v) is 2.79. The number of hydrogen-bond acceptors (Lipinski definition) is 4. The van der Waals surface area contributed by atoms with Crippen LogP contribution in [0.4, 0.5) is 0 Å². The Morgan fingerprint density at radius 2 is 2.05 bits per heavy atom. The first kappa shape index (κ1) is 15.2. The summed E-state index contributed by atoms with van der Waals surface area (Å²) in [5.74, 6) is -1.13. The number of carboxylic acids is 1. The molecular weight excluding hydrogens is 288 g/mol. The SMILES string of the molecule is Cc1ncsc1CN(C)C(=O)Cc1ccccc1C(=O)O. The van der Waals surface area contributed by atoms with E-state index in [0.717, 1.165) is 10.6 Å².